The maximum atomic E-state index is 12.2. The van der Waals surface area contributed by atoms with Crippen molar-refractivity contribution in [3.8, 4) is 0 Å². The summed E-state index contributed by atoms with van der Waals surface area (Å²) in [6.45, 7) is 1.95. The second-order valence-electron chi connectivity index (χ2n) is 4.63. The monoisotopic (exact) mass is 218 g/mol. The highest BCUT2D eigenvalue weighted by atomic mass is 16.2. The van der Waals surface area contributed by atoms with E-state index < -0.39 is 0 Å². The molecule has 1 aromatic carbocycles. The molecule has 0 saturated heterocycles. The Morgan fingerprint density at radius 1 is 1.38 bits per heavy atom. The Bertz CT molecular complexity index is 390. The first-order chi connectivity index (χ1) is 7.58. The van der Waals surface area contributed by atoms with E-state index in [4.69, 9.17) is 5.73 Å². The van der Waals surface area contributed by atoms with Gasteiger partial charge in [0.05, 0.1) is 0 Å². The molecule has 0 spiro atoms. The van der Waals surface area contributed by atoms with Gasteiger partial charge in [-0.2, -0.15) is 0 Å². The molecule has 0 bridgehead atoms. The van der Waals surface area contributed by atoms with E-state index in [-0.39, 0.29) is 5.91 Å². The molecule has 16 heavy (non-hydrogen) atoms. The third kappa shape index (κ3) is 2.03. The Hall–Kier alpha value is -1.51. The lowest BCUT2D eigenvalue weighted by atomic mass is 9.91. The van der Waals surface area contributed by atoms with Gasteiger partial charge in [0.15, 0.2) is 0 Å². The molecule has 0 atom stereocenters. The number of carbonyl (C=O) groups excluding carboxylic acids is 1. The molecule has 3 nitrogen and oxygen atoms in total. The zero-order valence-corrected chi connectivity index (χ0v) is 9.86. The lowest BCUT2D eigenvalue weighted by Crippen LogP contribution is -2.41. The smallest absolute Gasteiger partial charge is 0.253 e. The Labute approximate surface area is 96.2 Å². The quantitative estimate of drug-likeness (QED) is 0.773. The summed E-state index contributed by atoms with van der Waals surface area (Å²) in [5, 5.41) is 0. The first kappa shape index (κ1) is 11.0. The van der Waals surface area contributed by atoms with E-state index in [2.05, 4.69) is 0 Å². The molecule has 1 amide bonds. The number of hydrogen-bond donors (Lipinski definition) is 1. The average Bonchev–Trinajstić information content (AvgIpc) is 2.12. The van der Waals surface area contributed by atoms with Gasteiger partial charge in [-0.05, 0) is 49.9 Å². The predicted octanol–water partition coefficient (Wildman–Crippen LogP) is 2.20. The van der Waals surface area contributed by atoms with Crippen LogP contribution in [0.4, 0.5) is 5.69 Å². The van der Waals surface area contributed by atoms with Crippen molar-refractivity contribution in [3.63, 3.8) is 0 Å². The van der Waals surface area contributed by atoms with Crippen LogP contribution in [0.25, 0.3) is 0 Å². The molecule has 86 valence electrons. The van der Waals surface area contributed by atoms with Crippen molar-refractivity contribution in [2.45, 2.75) is 32.2 Å². The summed E-state index contributed by atoms with van der Waals surface area (Å²) in [4.78, 5) is 14.0. The lowest BCUT2D eigenvalue weighted by molar-refractivity contribution is 0.0652. The van der Waals surface area contributed by atoms with Crippen LogP contribution < -0.4 is 5.73 Å². The van der Waals surface area contributed by atoms with Gasteiger partial charge in [0.2, 0.25) is 0 Å². The molecule has 0 unspecified atom stereocenters. The van der Waals surface area contributed by atoms with E-state index in [0.717, 1.165) is 18.4 Å². The molecule has 2 rings (SSSR count). The molecule has 3 heteroatoms. The van der Waals surface area contributed by atoms with Gasteiger partial charge in [-0.15, -0.1) is 0 Å². The van der Waals surface area contributed by atoms with Gasteiger partial charge in [-0.1, -0.05) is 0 Å². The van der Waals surface area contributed by atoms with Crippen LogP contribution in [-0.4, -0.2) is 23.9 Å². The largest absolute Gasteiger partial charge is 0.399 e. The molecule has 1 saturated carbocycles. The first-order valence-electron chi connectivity index (χ1n) is 5.72. The number of rotatable bonds is 2. The van der Waals surface area contributed by atoms with E-state index in [9.17, 15) is 4.79 Å². The molecule has 0 aromatic heterocycles. The number of anilines is 1. The molecule has 0 aliphatic heterocycles. The van der Waals surface area contributed by atoms with Gasteiger partial charge in [0, 0.05) is 24.3 Å². The molecular formula is C13H18N2O. The molecular weight excluding hydrogens is 200 g/mol. The maximum absolute atomic E-state index is 12.2. The van der Waals surface area contributed by atoms with Gasteiger partial charge in [-0.3, -0.25) is 4.79 Å². The van der Waals surface area contributed by atoms with Crippen molar-refractivity contribution >= 4 is 11.6 Å². The van der Waals surface area contributed by atoms with Crippen molar-refractivity contribution in [2.24, 2.45) is 0 Å². The minimum absolute atomic E-state index is 0.0834. The van der Waals surface area contributed by atoms with Gasteiger partial charge in [-0.25, -0.2) is 0 Å². The zero-order chi connectivity index (χ0) is 11.7. The van der Waals surface area contributed by atoms with Crippen LogP contribution in [-0.2, 0) is 0 Å². The van der Waals surface area contributed by atoms with E-state index in [1.165, 1.54) is 6.42 Å². The Kier molecular flexibility index (Phi) is 2.86. The summed E-state index contributed by atoms with van der Waals surface area (Å²) < 4.78 is 0. The van der Waals surface area contributed by atoms with Gasteiger partial charge in [0.25, 0.3) is 5.91 Å². The minimum atomic E-state index is 0.0834. The number of benzene rings is 1. The fourth-order valence-electron chi connectivity index (χ4n) is 2.08. The Morgan fingerprint density at radius 3 is 2.56 bits per heavy atom. The van der Waals surface area contributed by atoms with Crippen molar-refractivity contribution in [3.05, 3.63) is 29.3 Å². The predicted molar refractivity (Wildman–Crippen MR) is 65.3 cm³/mol. The Morgan fingerprint density at radius 2 is 2.06 bits per heavy atom. The van der Waals surface area contributed by atoms with Gasteiger partial charge in [0.1, 0.15) is 0 Å². The van der Waals surface area contributed by atoms with Crippen LogP contribution in [0.1, 0.15) is 35.2 Å². The number of amides is 1. The lowest BCUT2D eigenvalue weighted by Gasteiger charge is -2.34. The third-order valence-corrected chi connectivity index (χ3v) is 3.29. The summed E-state index contributed by atoms with van der Waals surface area (Å²) in [7, 11) is 1.88. The van der Waals surface area contributed by atoms with Crippen LogP contribution in [0.15, 0.2) is 18.2 Å². The highest BCUT2D eigenvalue weighted by Crippen LogP contribution is 2.25. The second-order valence-corrected chi connectivity index (χ2v) is 4.63. The van der Waals surface area contributed by atoms with E-state index in [1.807, 2.05) is 31.0 Å². The summed E-state index contributed by atoms with van der Waals surface area (Å²) in [5.74, 6) is 0.0834. The highest BCUT2D eigenvalue weighted by Gasteiger charge is 2.26. The number of aryl methyl sites for hydroxylation is 1. The zero-order valence-electron chi connectivity index (χ0n) is 9.86. The summed E-state index contributed by atoms with van der Waals surface area (Å²) in [5.41, 5.74) is 8.14. The number of hydrogen-bond acceptors (Lipinski definition) is 2. The van der Waals surface area contributed by atoms with Crippen molar-refractivity contribution in [1.29, 1.82) is 0 Å². The third-order valence-electron chi connectivity index (χ3n) is 3.29. The van der Waals surface area contributed by atoms with Crippen molar-refractivity contribution < 1.29 is 4.79 Å². The number of carbonyl (C=O) groups is 1. The van der Waals surface area contributed by atoms with E-state index in [0.29, 0.717) is 17.3 Å². The van der Waals surface area contributed by atoms with Crippen LogP contribution in [0.5, 0.6) is 0 Å². The maximum Gasteiger partial charge on any atom is 0.253 e. The fraction of sp³-hybridized carbons (Fsp3) is 0.462. The molecule has 2 N–H and O–H groups in total. The van der Waals surface area contributed by atoms with Crippen LogP contribution in [0.3, 0.4) is 0 Å². The first-order valence-corrected chi connectivity index (χ1v) is 5.72. The van der Waals surface area contributed by atoms with E-state index in [1.54, 1.807) is 6.07 Å². The number of nitrogen functional groups attached to an aromatic ring is 1. The van der Waals surface area contributed by atoms with Gasteiger partial charge < -0.3 is 10.6 Å². The number of nitrogens with two attached hydrogens (primary N) is 1. The molecule has 1 aliphatic rings. The molecule has 1 fully saturated rings. The summed E-state index contributed by atoms with van der Waals surface area (Å²) in [6.07, 6.45) is 3.49. The number of nitrogens with zero attached hydrogens (tertiary/aromatic N) is 1. The van der Waals surface area contributed by atoms with Crippen LogP contribution in [0.2, 0.25) is 0 Å². The molecule has 0 radical (unpaired) electrons. The van der Waals surface area contributed by atoms with Crippen LogP contribution >= 0.6 is 0 Å². The minimum Gasteiger partial charge on any atom is -0.399 e. The second kappa shape index (κ2) is 4.16. The van der Waals surface area contributed by atoms with Crippen LogP contribution in [0, 0.1) is 6.92 Å². The molecule has 0 heterocycles. The highest BCUT2D eigenvalue weighted by molar-refractivity contribution is 5.95. The Balaban J connectivity index is 2.19. The van der Waals surface area contributed by atoms with Gasteiger partial charge >= 0.3 is 0 Å². The topological polar surface area (TPSA) is 46.3 Å². The molecule has 1 aliphatic carbocycles. The standard InChI is InChI=1S/C13H18N2O/c1-9-6-10(8-11(14)7-9)13(16)15(2)12-4-3-5-12/h6-8,12H,3-5,14H2,1-2H3. The SMILES string of the molecule is Cc1cc(N)cc(C(=O)N(C)C2CCC2)c1. The summed E-state index contributed by atoms with van der Waals surface area (Å²) in [6, 6.07) is 5.95. The summed E-state index contributed by atoms with van der Waals surface area (Å²) >= 11 is 0. The van der Waals surface area contributed by atoms with Crippen molar-refractivity contribution in [1.82, 2.24) is 4.90 Å². The average molecular weight is 218 g/mol. The normalized spacial score (nSPS) is 15.6. The van der Waals surface area contributed by atoms with E-state index >= 15 is 0 Å². The fourth-order valence-corrected chi connectivity index (χ4v) is 2.08. The molecule has 1 aromatic rings. The van der Waals surface area contributed by atoms with Crippen molar-refractivity contribution in [2.75, 3.05) is 12.8 Å².